The van der Waals surface area contributed by atoms with E-state index < -0.39 is 5.41 Å². The number of esters is 2. The Kier molecular flexibility index (Phi) is 33.8. The number of aliphatic hydroxyl groups is 1. The third-order valence-corrected chi connectivity index (χ3v) is 12.7. The molecule has 6 nitrogen and oxygen atoms in total. The molecular formula is C50H97NO5. The largest absolute Gasteiger partial charge is 0.465 e. The van der Waals surface area contributed by atoms with Crippen LogP contribution >= 0.6 is 0 Å². The zero-order chi connectivity index (χ0) is 41.0. The topological polar surface area (TPSA) is 76.1 Å². The quantitative estimate of drug-likeness (QED) is 0.0490. The summed E-state index contributed by atoms with van der Waals surface area (Å²) in [5, 5.41) is 9.37. The van der Waals surface area contributed by atoms with E-state index in [-0.39, 0.29) is 30.1 Å². The molecule has 1 aliphatic carbocycles. The Morgan fingerprint density at radius 3 is 1.55 bits per heavy atom. The lowest BCUT2D eigenvalue weighted by atomic mass is 9.87. The minimum atomic E-state index is -0.403. The molecule has 0 atom stereocenters. The van der Waals surface area contributed by atoms with Crippen molar-refractivity contribution in [2.45, 2.75) is 265 Å². The fraction of sp³-hybridized carbons (Fsp3) is 0.960. The molecule has 0 bridgehead atoms. The highest BCUT2D eigenvalue weighted by Gasteiger charge is 2.44. The van der Waals surface area contributed by atoms with Gasteiger partial charge in [-0.2, -0.15) is 0 Å². The number of aliphatic hydroxyl groups excluding tert-OH is 1. The summed E-state index contributed by atoms with van der Waals surface area (Å²) in [6.07, 6.45) is 41.5. The Balaban J connectivity index is 2.33. The number of nitrogens with zero attached hydrogens (tertiary/aromatic N) is 1. The lowest BCUT2D eigenvalue weighted by molar-refractivity contribution is -0.154. The first-order valence-electron chi connectivity index (χ1n) is 24.9. The molecule has 0 saturated heterocycles. The second kappa shape index (κ2) is 35.8. The van der Waals surface area contributed by atoms with Crippen molar-refractivity contribution in [3.63, 3.8) is 0 Å². The molecule has 0 heterocycles. The minimum Gasteiger partial charge on any atom is -0.465 e. The predicted octanol–water partition coefficient (Wildman–Crippen LogP) is 14.5. The molecule has 0 unspecified atom stereocenters. The first kappa shape index (κ1) is 52.9. The molecule has 0 aromatic rings. The maximum Gasteiger partial charge on any atom is 0.311 e. The molecule has 0 aromatic carbocycles. The van der Waals surface area contributed by atoms with Crippen LogP contribution in [0, 0.1) is 10.8 Å². The second-order valence-electron chi connectivity index (χ2n) is 18.8. The Labute approximate surface area is 349 Å². The average Bonchev–Trinajstić information content (AvgIpc) is 3.94. The number of rotatable bonds is 43. The summed E-state index contributed by atoms with van der Waals surface area (Å²) in [6, 6.07) is 0. The first-order chi connectivity index (χ1) is 27.2. The van der Waals surface area contributed by atoms with Crippen molar-refractivity contribution >= 4 is 11.9 Å². The van der Waals surface area contributed by atoms with Gasteiger partial charge in [-0.05, 0) is 122 Å². The number of carbonyl (C=O) groups is 2. The highest BCUT2D eigenvalue weighted by molar-refractivity contribution is 5.75. The van der Waals surface area contributed by atoms with Gasteiger partial charge in [0.15, 0.2) is 0 Å². The van der Waals surface area contributed by atoms with Gasteiger partial charge in [0.2, 0.25) is 0 Å². The maximum atomic E-state index is 13.2. The molecule has 0 aromatic heterocycles. The summed E-state index contributed by atoms with van der Waals surface area (Å²) in [5.74, 6) is 0.0409. The maximum absolute atomic E-state index is 13.2. The Hall–Kier alpha value is -1.14. The molecule has 56 heavy (non-hydrogen) atoms. The molecule has 0 radical (unpaired) electrons. The van der Waals surface area contributed by atoms with Crippen LogP contribution in [-0.4, -0.2) is 60.9 Å². The van der Waals surface area contributed by atoms with E-state index in [2.05, 4.69) is 25.7 Å². The van der Waals surface area contributed by atoms with Crippen LogP contribution in [0.4, 0.5) is 0 Å². The number of hydrogen-bond donors (Lipinski definition) is 1. The van der Waals surface area contributed by atoms with Gasteiger partial charge in [0, 0.05) is 6.61 Å². The van der Waals surface area contributed by atoms with Crippen LogP contribution in [-0.2, 0) is 19.1 Å². The first-order valence-corrected chi connectivity index (χ1v) is 24.9. The van der Waals surface area contributed by atoms with Crippen molar-refractivity contribution in [2.75, 3.05) is 32.8 Å². The van der Waals surface area contributed by atoms with Crippen LogP contribution in [0.3, 0.4) is 0 Å². The molecule has 1 N–H and O–H groups in total. The van der Waals surface area contributed by atoms with Crippen molar-refractivity contribution in [3.05, 3.63) is 0 Å². The van der Waals surface area contributed by atoms with E-state index in [1.54, 1.807) is 0 Å². The third kappa shape index (κ3) is 30.0. The highest BCUT2D eigenvalue weighted by atomic mass is 16.5. The molecule has 332 valence electrons. The van der Waals surface area contributed by atoms with E-state index in [1.165, 1.54) is 154 Å². The van der Waals surface area contributed by atoms with E-state index in [0.717, 1.165) is 83.8 Å². The van der Waals surface area contributed by atoms with E-state index in [4.69, 9.17) is 9.47 Å². The van der Waals surface area contributed by atoms with Crippen LogP contribution in [0.1, 0.15) is 259 Å². The number of hydrogen-bond acceptors (Lipinski definition) is 6. The van der Waals surface area contributed by atoms with Gasteiger partial charge < -0.3 is 19.5 Å². The zero-order valence-corrected chi connectivity index (χ0v) is 38.4. The predicted molar refractivity (Wildman–Crippen MR) is 239 cm³/mol. The van der Waals surface area contributed by atoms with Gasteiger partial charge in [0.05, 0.1) is 18.4 Å². The second-order valence-corrected chi connectivity index (χ2v) is 18.8. The smallest absolute Gasteiger partial charge is 0.311 e. The van der Waals surface area contributed by atoms with Gasteiger partial charge in [-0.15, -0.1) is 0 Å². The summed E-state index contributed by atoms with van der Waals surface area (Å²) in [7, 11) is 0. The Bertz CT molecular complexity index is 886. The van der Waals surface area contributed by atoms with E-state index >= 15 is 0 Å². The van der Waals surface area contributed by atoms with Gasteiger partial charge >= 0.3 is 11.9 Å². The molecule has 0 aliphatic heterocycles. The van der Waals surface area contributed by atoms with Gasteiger partial charge in [-0.1, -0.05) is 156 Å². The molecular weight excluding hydrogens is 695 g/mol. The molecule has 1 rings (SSSR count). The molecule has 1 aliphatic rings. The van der Waals surface area contributed by atoms with Crippen LogP contribution in [0.15, 0.2) is 0 Å². The summed E-state index contributed by atoms with van der Waals surface area (Å²) in [6.45, 7) is 15.0. The third-order valence-electron chi connectivity index (χ3n) is 12.7. The fourth-order valence-electron chi connectivity index (χ4n) is 8.36. The van der Waals surface area contributed by atoms with Crippen molar-refractivity contribution in [1.29, 1.82) is 0 Å². The molecule has 1 fully saturated rings. The Morgan fingerprint density at radius 2 is 1.04 bits per heavy atom. The van der Waals surface area contributed by atoms with Crippen molar-refractivity contribution in [3.8, 4) is 0 Å². The van der Waals surface area contributed by atoms with Crippen molar-refractivity contribution in [1.82, 2.24) is 4.90 Å². The average molecular weight is 792 g/mol. The minimum absolute atomic E-state index is 0.0303. The van der Waals surface area contributed by atoms with Gasteiger partial charge in [-0.3, -0.25) is 9.59 Å². The van der Waals surface area contributed by atoms with Crippen molar-refractivity contribution < 1.29 is 24.2 Å². The van der Waals surface area contributed by atoms with Crippen LogP contribution in [0.2, 0.25) is 0 Å². The number of ether oxygens (including phenoxy) is 2. The van der Waals surface area contributed by atoms with E-state index in [9.17, 15) is 14.7 Å². The molecule has 0 amide bonds. The van der Waals surface area contributed by atoms with Crippen LogP contribution in [0.5, 0.6) is 0 Å². The molecule has 1 saturated carbocycles. The van der Waals surface area contributed by atoms with E-state index in [0.29, 0.717) is 13.0 Å². The monoisotopic (exact) mass is 792 g/mol. The lowest BCUT2D eigenvalue weighted by Gasteiger charge is -2.24. The van der Waals surface area contributed by atoms with Crippen LogP contribution < -0.4 is 0 Å². The molecule has 0 spiro atoms. The van der Waals surface area contributed by atoms with Gasteiger partial charge in [0.1, 0.15) is 6.10 Å². The van der Waals surface area contributed by atoms with Crippen molar-refractivity contribution in [2.24, 2.45) is 10.8 Å². The Morgan fingerprint density at radius 1 is 0.589 bits per heavy atom. The lowest BCUT2D eigenvalue weighted by Crippen LogP contribution is -2.28. The number of carbonyl (C=O) groups excluding carboxylic acids is 2. The SMILES string of the molecule is CCCCCCCCCOC(=O)C(C)(C)CCCCCCN(CCCCO)CCCCCC1(CC(=O)OC(CCCCCCCC)CCCCCCCC)CC1. The number of unbranched alkanes of at least 4 members (excludes halogenated alkanes) is 22. The highest BCUT2D eigenvalue weighted by Crippen LogP contribution is 2.53. The van der Waals surface area contributed by atoms with E-state index in [1.807, 2.05) is 13.8 Å². The van der Waals surface area contributed by atoms with Gasteiger partial charge in [-0.25, -0.2) is 0 Å². The van der Waals surface area contributed by atoms with Gasteiger partial charge in [0.25, 0.3) is 0 Å². The standard InChI is InChI=1S/C50H97NO5/c1-6-9-12-15-18-23-33-44-55-48(54)49(4,5)36-27-21-22-29-40-51(42-31-32-43-52)41-30-24-28-37-50(38-39-50)45-47(53)56-46(34-25-19-16-13-10-7-2)35-26-20-17-14-11-8-3/h46,52H,6-45H2,1-5H3. The fourth-order valence-corrected chi connectivity index (χ4v) is 8.36. The normalized spacial score (nSPS) is 13.9. The van der Waals surface area contributed by atoms with Crippen LogP contribution in [0.25, 0.3) is 0 Å². The summed E-state index contributed by atoms with van der Waals surface area (Å²) in [5.41, 5.74) is -0.193. The summed E-state index contributed by atoms with van der Waals surface area (Å²) < 4.78 is 11.9. The summed E-state index contributed by atoms with van der Waals surface area (Å²) >= 11 is 0. The summed E-state index contributed by atoms with van der Waals surface area (Å²) in [4.78, 5) is 28.6. The molecule has 6 heteroatoms. The zero-order valence-electron chi connectivity index (χ0n) is 38.4.